The van der Waals surface area contributed by atoms with Gasteiger partial charge in [-0.3, -0.25) is 14.4 Å². The maximum Gasteiger partial charge on any atom is 0.245 e. The molecule has 3 atom stereocenters. The number of piperidine rings is 1. The van der Waals surface area contributed by atoms with Crippen LogP contribution in [0.2, 0.25) is 0 Å². The van der Waals surface area contributed by atoms with Gasteiger partial charge in [0, 0.05) is 38.4 Å². The molecular weight excluding hydrogens is 442 g/mol. The van der Waals surface area contributed by atoms with Gasteiger partial charge < -0.3 is 20.2 Å². The van der Waals surface area contributed by atoms with Gasteiger partial charge in [-0.05, 0) is 44.1 Å². The zero-order chi connectivity index (χ0) is 25.0. The van der Waals surface area contributed by atoms with E-state index in [1.807, 2.05) is 35.2 Å². The van der Waals surface area contributed by atoms with Crippen LogP contribution in [-0.2, 0) is 20.8 Å². The molecule has 2 heterocycles. The summed E-state index contributed by atoms with van der Waals surface area (Å²) in [5.41, 5.74) is 0.970. The maximum absolute atomic E-state index is 13.5. The molecule has 2 N–H and O–H groups in total. The Labute approximate surface area is 210 Å². The highest BCUT2D eigenvalue weighted by Gasteiger charge is 2.35. The molecule has 3 rings (SSSR count). The number of nitrogens with one attached hydrogen (secondary N) is 1. The smallest absolute Gasteiger partial charge is 0.245 e. The number of hydrogen-bond donors (Lipinski definition) is 2. The quantitative estimate of drug-likeness (QED) is 0.445. The normalized spacial score (nSPS) is 19.9. The Morgan fingerprint density at radius 1 is 1.03 bits per heavy atom. The first kappa shape index (κ1) is 27.2. The molecule has 0 saturated carbocycles. The Balaban J connectivity index is 1.73. The van der Waals surface area contributed by atoms with Crippen LogP contribution in [0.25, 0.3) is 0 Å². The van der Waals surface area contributed by atoms with Crippen LogP contribution in [0.15, 0.2) is 30.3 Å². The second-order valence-corrected chi connectivity index (χ2v) is 10.1. The van der Waals surface area contributed by atoms with Gasteiger partial charge >= 0.3 is 0 Å². The number of carbonyl (C=O) groups is 3. The molecule has 35 heavy (non-hydrogen) atoms. The van der Waals surface area contributed by atoms with Crippen molar-refractivity contribution >= 4 is 17.7 Å². The molecule has 0 unspecified atom stereocenters. The van der Waals surface area contributed by atoms with Crippen LogP contribution < -0.4 is 5.32 Å². The van der Waals surface area contributed by atoms with Crippen LogP contribution in [0.4, 0.5) is 0 Å². The van der Waals surface area contributed by atoms with E-state index in [9.17, 15) is 19.5 Å². The molecule has 0 aliphatic carbocycles. The third-order valence-electron chi connectivity index (χ3n) is 7.42. The molecule has 7 nitrogen and oxygen atoms in total. The lowest BCUT2D eigenvalue weighted by atomic mass is 9.94. The van der Waals surface area contributed by atoms with Crippen molar-refractivity contribution in [3.05, 3.63) is 35.9 Å². The zero-order valence-corrected chi connectivity index (χ0v) is 21.3. The predicted molar refractivity (Wildman–Crippen MR) is 137 cm³/mol. The summed E-state index contributed by atoms with van der Waals surface area (Å²) in [5, 5.41) is 12.8. The van der Waals surface area contributed by atoms with Gasteiger partial charge in [0.15, 0.2) is 0 Å². The molecule has 2 aliphatic rings. The lowest BCUT2D eigenvalue weighted by Gasteiger charge is -2.31. The topological polar surface area (TPSA) is 90.0 Å². The number of rotatable bonds is 12. The fourth-order valence-corrected chi connectivity index (χ4v) is 5.31. The van der Waals surface area contributed by atoms with Gasteiger partial charge in [0.2, 0.25) is 17.7 Å². The number of nitrogens with zero attached hydrogens (tertiary/aromatic N) is 2. The summed E-state index contributed by atoms with van der Waals surface area (Å²) in [7, 11) is 0. The lowest BCUT2D eigenvalue weighted by Crippen LogP contribution is -2.53. The van der Waals surface area contributed by atoms with E-state index >= 15 is 0 Å². The molecule has 1 aromatic rings. The van der Waals surface area contributed by atoms with E-state index in [1.165, 1.54) is 0 Å². The molecule has 1 aromatic carbocycles. The highest BCUT2D eigenvalue weighted by atomic mass is 16.3. The van der Waals surface area contributed by atoms with Gasteiger partial charge in [-0.2, -0.15) is 0 Å². The van der Waals surface area contributed by atoms with Crippen LogP contribution in [0.5, 0.6) is 0 Å². The molecular formula is C28H43N3O4. The number of likely N-dealkylation sites (tertiary alicyclic amines) is 2. The molecule has 0 aromatic heterocycles. The number of aliphatic hydroxyl groups is 1. The average molecular weight is 486 g/mol. The first-order valence-electron chi connectivity index (χ1n) is 13.6. The summed E-state index contributed by atoms with van der Waals surface area (Å²) in [5.74, 6) is -0.740. The van der Waals surface area contributed by atoms with E-state index in [0.717, 1.165) is 70.0 Å². The number of carbonyl (C=O) groups excluding carboxylic acids is 3. The number of hydrogen-bond acceptors (Lipinski definition) is 4. The minimum Gasteiger partial charge on any atom is -0.394 e. The molecule has 2 saturated heterocycles. The van der Waals surface area contributed by atoms with Crippen LogP contribution >= 0.6 is 0 Å². The summed E-state index contributed by atoms with van der Waals surface area (Å²) >= 11 is 0. The average Bonchev–Trinajstić information content (AvgIpc) is 3.37. The fourth-order valence-electron chi connectivity index (χ4n) is 5.31. The van der Waals surface area contributed by atoms with Gasteiger partial charge in [0.25, 0.3) is 0 Å². The number of unbranched alkanes of at least 4 members (excludes halogenated alkanes) is 2. The Kier molecular flexibility index (Phi) is 11.0. The van der Waals surface area contributed by atoms with Gasteiger partial charge in [-0.25, -0.2) is 0 Å². The summed E-state index contributed by atoms with van der Waals surface area (Å²) in [6, 6.07) is 8.79. The molecule has 0 spiro atoms. The van der Waals surface area contributed by atoms with Gasteiger partial charge in [-0.15, -0.1) is 0 Å². The van der Waals surface area contributed by atoms with Crippen molar-refractivity contribution in [2.45, 2.75) is 89.6 Å². The minimum atomic E-state index is -0.712. The lowest BCUT2D eigenvalue weighted by molar-refractivity contribution is -0.140. The summed E-state index contributed by atoms with van der Waals surface area (Å²) in [6.07, 6.45) is 9.01. The van der Waals surface area contributed by atoms with Crippen molar-refractivity contribution in [3.63, 3.8) is 0 Å². The summed E-state index contributed by atoms with van der Waals surface area (Å²) < 4.78 is 0. The molecule has 3 amide bonds. The Morgan fingerprint density at radius 3 is 2.46 bits per heavy atom. The molecule has 194 valence electrons. The van der Waals surface area contributed by atoms with E-state index in [-0.39, 0.29) is 36.8 Å². The number of aliphatic hydroxyl groups excluding tert-OH is 1. The second-order valence-electron chi connectivity index (χ2n) is 10.1. The van der Waals surface area contributed by atoms with Gasteiger partial charge in [0.05, 0.1) is 12.6 Å². The highest BCUT2D eigenvalue weighted by Crippen LogP contribution is 2.21. The van der Waals surface area contributed by atoms with Crippen LogP contribution in [0.1, 0.15) is 76.7 Å². The van der Waals surface area contributed by atoms with E-state index in [2.05, 4.69) is 12.2 Å². The number of benzene rings is 1. The van der Waals surface area contributed by atoms with Crippen molar-refractivity contribution in [2.75, 3.05) is 26.2 Å². The standard InChI is InChI=1S/C28H43N3O4/c1-2-3-6-14-23(20-26(33)30-16-9-5-10-17-30)27(34)29-25(19-22-12-7-4-8-13-22)28(35)31-18-11-15-24(31)21-32/h4,7-8,12-13,23-25,32H,2-3,5-6,9-11,14-21H2,1H3,(H,29,34)/t23-,24+,25+/m1/s1. The monoisotopic (exact) mass is 485 g/mol. The first-order chi connectivity index (χ1) is 17.0. The summed E-state index contributed by atoms with van der Waals surface area (Å²) in [6.45, 7) is 4.19. The Hall–Kier alpha value is -2.41. The van der Waals surface area contributed by atoms with Gasteiger partial charge in [-0.1, -0.05) is 56.5 Å². The molecule has 2 fully saturated rings. The van der Waals surface area contributed by atoms with Crippen LogP contribution in [0, 0.1) is 5.92 Å². The zero-order valence-electron chi connectivity index (χ0n) is 21.3. The molecule has 7 heteroatoms. The second kappa shape index (κ2) is 14.2. The van der Waals surface area contributed by atoms with Crippen LogP contribution in [-0.4, -0.2) is 71.0 Å². The maximum atomic E-state index is 13.5. The molecule has 0 bridgehead atoms. The van der Waals surface area contributed by atoms with Crippen molar-refractivity contribution in [3.8, 4) is 0 Å². The van der Waals surface area contributed by atoms with E-state index < -0.39 is 12.0 Å². The summed E-state index contributed by atoms with van der Waals surface area (Å²) in [4.78, 5) is 43.7. The van der Waals surface area contributed by atoms with Crippen molar-refractivity contribution in [1.29, 1.82) is 0 Å². The van der Waals surface area contributed by atoms with Crippen LogP contribution in [0.3, 0.4) is 0 Å². The SMILES string of the molecule is CCCCC[C@H](CC(=O)N1CCCCC1)C(=O)N[C@@H](Cc1ccccc1)C(=O)N1CCC[C@H]1CO. The molecule has 2 aliphatic heterocycles. The number of amides is 3. The Morgan fingerprint density at radius 2 is 1.77 bits per heavy atom. The first-order valence-corrected chi connectivity index (χ1v) is 13.6. The van der Waals surface area contributed by atoms with Gasteiger partial charge in [0.1, 0.15) is 6.04 Å². The predicted octanol–water partition coefficient (Wildman–Crippen LogP) is 3.30. The Bertz CT molecular complexity index is 810. The fraction of sp³-hybridized carbons (Fsp3) is 0.679. The highest BCUT2D eigenvalue weighted by molar-refractivity contribution is 5.91. The van der Waals surface area contributed by atoms with Crippen molar-refractivity contribution < 1.29 is 19.5 Å². The van der Waals surface area contributed by atoms with E-state index in [4.69, 9.17) is 0 Å². The third-order valence-corrected chi connectivity index (χ3v) is 7.42. The van der Waals surface area contributed by atoms with Crippen molar-refractivity contribution in [1.82, 2.24) is 15.1 Å². The molecule has 0 radical (unpaired) electrons. The van der Waals surface area contributed by atoms with E-state index in [1.54, 1.807) is 4.90 Å². The third kappa shape index (κ3) is 8.06. The van der Waals surface area contributed by atoms with Crippen molar-refractivity contribution in [2.24, 2.45) is 5.92 Å². The largest absolute Gasteiger partial charge is 0.394 e. The minimum absolute atomic E-state index is 0.0483. The van der Waals surface area contributed by atoms with E-state index in [0.29, 0.717) is 19.4 Å².